The van der Waals surface area contributed by atoms with Crippen molar-refractivity contribution in [3.63, 3.8) is 0 Å². The Labute approximate surface area is 206 Å². The van der Waals surface area contributed by atoms with E-state index in [1.165, 1.54) is 5.56 Å². The van der Waals surface area contributed by atoms with Crippen molar-refractivity contribution in [1.29, 1.82) is 0 Å². The van der Waals surface area contributed by atoms with Crippen molar-refractivity contribution in [2.45, 2.75) is 6.92 Å². The van der Waals surface area contributed by atoms with Crippen LogP contribution < -0.4 is 4.90 Å². The van der Waals surface area contributed by atoms with Gasteiger partial charge in [-0.05, 0) is 30.5 Å². The van der Waals surface area contributed by atoms with Gasteiger partial charge in [-0.1, -0.05) is 42.0 Å². The smallest absolute Gasteiger partial charge is 0.254 e. The molecule has 8 heteroatoms. The van der Waals surface area contributed by atoms with Crippen LogP contribution in [0.5, 0.6) is 0 Å². The topological polar surface area (TPSA) is 75.4 Å². The van der Waals surface area contributed by atoms with E-state index in [1.807, 2.05) is 65.7 Å². The number of amides is 1. The average Bonchev–Trinajstić information content (AvgIpc) is 3.59. The third-order valence-electron chi connectivity index (χ3n) is 6.34. The van der Waals surface area contributed by atoms with Gasteiger partial charge in [0.25, 0.3) is 5.91 Å². The van der Waals surface area contributed by atoms with Gasteiger partial charge >= 0.3 is 0 Å². The normalized spacial score (nSPS) is 14.0. The molecule has 7 nitrogen and oxygen atoms in total. The number of piperazine rings is 1. The van der Waals surface area contributed by atoms with Crippen LogP contribution in [0.25, 0.3) is 33.0 Å². The molecule has 1 aliphatic heterocycles. The molecule has 0 unspecified atom stereocenters. The molecule has 0 bridgehead atoms. The molecule has 1 fully saturated rings. The van der Waals surface area contributed by atoms with Crippen molar-refractivity contribution in [1.82, 2.24) is 19.9 Å². The van der Waals surface area contributed by atoms with Gasteiger partial charge in [-0.25, -0.2) is 15.0 Å². The predicted octanol–water partition coefficient (Wildman–Crippen LogP) is 5.28. The number of fused-ring (bicyclic) bond motifs is 1. The Bertz CT molecular complexity index is 1500. The number of oxazole rings is 1. The van der Waals surface area contributed by atoms with Crippen LogP contribution in [0, 0.1) is 6.92 Å². The van der Waals surface area contributed by atoms with Gasteiger partial charge in [0.2, 0.25) is 5.89 Å². The van der Waals surface area contributed by atoms with E-state index in [1.54, 1.807) is 23.9 Å². The zero-order chi connectivity index (χ0) is 23.8. The molecule has 0 radical (unpaired) electrons. The highest BCUT2D eigenvalue weighted by molar-refractivity contribution is 7.16. The Balaban J connectivity index is 1.21. The minimum absolute atomic E-state index is 0.0151. The fraction of sp³-hybridized carbons (Fsp3) is 0.185. The molecule has 35 heavy (non-hydrogen) atoms. The van der Waals surface area contributed by atoms with Gasteiger partial charge in [-0.3, -0.25) is 4.79 Å². The molecule has 0 spiro atoms. The maximum Gasteiger partial charge on any atom is 0.254 e. The quantitative estimate of drug-likeness (QED) is 0.347. The lowest BCUT2D eigenvalue weighted by molar-refractivity contribution is 0.0747. The molecule has 3 aromatic heterocycles. The van der Waals surface area contributed by atoms with E-state index in [0.29, 0.717) is 49.0 Å². The SMILES string of the molecule is Cc1ccc(-c2cnc(-c3ccccc3C(=O)N3CCN(c4ncnc5sccc45)CC3)o2)cc1. The maximum absolute atomic E-state index is 13.5. The van der Waals surface area contributed by atoms with Crippen molar-refractivity contribution in [2.75, 3.05) is 31.1 Å². The maximum atomic E-state index is 13.5. The van der Waals surface area contributed by atoms with Gasteiger partial charge in [0.1, 0.15) is 17.0 Å². The lowest BCUT2D eigenvalue weighted by Gasteiger charge is -2.35. The van der Waals surface area contributed by atoms with Crippen molar-refractivity contribution in [3.8, 4) is 22.8 Å². The van der Waals surface area contributed by atoms with Gasteiger partial charge in [0, 0.05) is 37.3 Å². The fourth-order valence-corrected chi connectivity index (χ4v) is 5.15. The zero-order valence-electron chi connectivity index (χ0n) is 19.2. The van der Waals surface area contributed by atoms with Gasteiger partial charge < -0.3 is 14.2 Å². The number of carbonyl (C=O) groups is 1. The molecular weight excluding hydrogens is 458 g/mol. The number of nitrogens with zero attached hydrogens (tertiary/aromatic N) is 5. The third-order valence-corrected chi connectivity index (χ3v) is 7.16. The summed E-state index contributed by atoms with van der Waals surface area (Å²) >= 11 is 1.61. The lowest BCUT2D eigenvalue weighted by atomic mass is 10.1. The number of anilines is 1. The third kappa shape index (κ3) is 4.06. The molecule has 1 amide bonds. The summed E-state index contributed by atoms with van der Waals surface area (Å²) in [5.74, 6) is 2.05. The molecule has 1 saturated heterocycles. The number of hydrogen-bond donors (Lipinski definition) is 0. The Morgan fingerprint density at radius 1 is 0.943 bits per heavy atom. The van der Waals surface area contributed by atoms with Crippen LogP contribution >= 0.6 is 11.3 Å². The van der Waals surface area contributed by atoms with E-state index in [9.17, 15) is 4.79 Å². The van der Waals surface area contributed by atoms with Crippen LogP contribution in [0.3, 0.4) is 0 Å². The van der Waals surface area contributed by atoms with E-state index in [2.05, 4.69) is 25.9 Å². The Morgan fingerprint density at radius 3 is 2.57 bits per heavy atom. The summed E-state index contributed by atoms with van der Waals surface area (Å²) in [6.45, 7) is 4.71. The minimum Gasteiger partial charge on any atom is -0.436 e. The van der Waals surface area contributed by atoms with E-state index in [4.69, 9.17) is 4.42 Å². The molecular formula is C27H23N5O2S. The largest absolute Gasteiger partial charge is 0.436 e. The predicted molar refractivity (Wildman–Crippen MR) is 138 cm³/mol. The van der Waals surface area contributed by atoms with Gasteiger partial charge in [-0.2, -0.15) is 0 Å². The molecule has 0 atom stereocenters. The number of aromatic nitrogens is 3. The first-order valence-corrected chi connectivity index (χ1v) is 12.4. The molecule has 5 aromatic rings. The number of aryl methyl sites for hydroxylation is 1. The van der Waals surface area contributed by atoms with Gasteiger partial charge in [0.05, 0.1) is 17.1 Å². The highest BCUT2D eigenvalue weighted by Crippen LogP contribution is 2.30. The van der Waals surface area contributed by atoms with Crippen molar-refractivity contribution in [3.05, 3.63) is 83.6 Å². The molecule has 2 aromatic carbocycles. The van der Waals surface area contributed by atoms with Crippen molar-refractivity contribution < 1.29 is 9.21 Å². The molecule has 0 aliphatic carbocycles. The van der Waals surface area contributed by atoms with Crippen LogP contribution in [0.2, 0.25) is 0 Å². The zero-order valence-corrected chi connectivity index (χ0v) is 20.0. The fourth-order valence-electron chi connectivity index (χ4n) is 4.43. The number of carbonyl (C=O) groups excluding carboxylic acids is 1. The average molecular weight is 482 g/mol. The number of hydrogen-bond acceptors (Lipinski definition) is 7. The Hall–Kier alpha value is -4.04. The highest BCUT2D eigenvalue weighted by atomic mass is 32.1. The molecule has 0 saturated carbocycles. The van der Waals surface area contributed by atoms with Gasteiger partial charge in [-0.15, -0.1) is 11.3 Å². The first kappa shape index (κ1) is 21.5. The van der Waals surface area contributed by atoms with E-state index in [-0.39, 0.29) is 5.91 Å². The Kier molecular flexibility index (Phi) is 5.50. The number of benzene rings is 2. The van der Waals surface area contributed by atoms with Crippen LogP contribution in [-0.2, 0) is 0 Å². The Morgan fingerprint density at radius 2 is 1.74 bits per heavy atom. The highest BCUT2D eigenvalue weighted by Gasteiger charge is 2.26. The summed E-state index contributed by atoms with van der Waals surface area (Å²) in [6, 6.07) is 17.7. The first-order valence-electron chi connectivity index (χ1n) is 11.5. The molecule has 4 heterocycles. The minimum atomic E-state index is -0.0151. The van der Waals surface area contributed by atoms with Gasteiger partial charge in [0.15, 0.2) is 5.76 Å². The number of thiophene rings is 1. The molecule has 1 aliphatic rings. The second-order valence-electron chi connectivity index (χ2n) is 8.56. The second-order valence-corrected chi connectivity index (χ2v) is 9.45. The summed E-state index contributed by atoms with van der Waals surface area (Å²) in [7, 11) is 0. The second kappa shape index (κ2) is 8.96. The summed E-state index contributed by atoms with van der Waals surface area (Å²) < 4.78 is 6.08. The van der Waals surface area contributed by atoms with E-state index in [0.717, 1.165) is 21.6 Å². The number of rotatable bonds is 4. The summed E-state index contributed by atoms with van der Waals surface area (Å²) in [5.41, 5.74) is 3.44. The summed E-state index contributed by atoms with van der Waals surface area (Å²) in [5, 5.41) is 3.10. The monoisotopic (exact) mass is 481 g/mol. The first-order chi connectivity index (χ1) is 17.2. The van der Waals surface area contributed by atoms with Crippen LogP contribution in [-0.4, -0.2) is 51.9 Å². The van der Waals surface area contributed by atoms with E-state index >= 15 is 0 Å². The van der Waals surface area contributed by atoms with Crippen LogP contribution in [0.15, 0.2) is 76.9 Å². The van der Waals surface area contributed by atoms with Crippen LogP contribution in [0.1, 0.15) is 15.9 Å². The lowest BCUT2D eigenvalue weighted by Crippen LogP contribution is -2.49. The standard InChI is InChI=1S/C27H23N5O2S/c1-18-6-8-19(9-7-18)23-16-28-25(34-23)20-4-2-3-5-21(20)27(33)32-13-11-31(12-14-32)24-22-10-15-35-26(22)30-17-29-24/h2-10,15-17H,11-14H2,1H3. The molecule has 174 valence electrons. The van der Waals surface area contributed by atoms with Crippen LogP contribution in [0.4, 0.5) is 5.82 Å². The van der Waals surface area contributed by atoms with E-state index < -0.39 is 0 Å². The molecule has 6 rings (SSSR count). The summed E-state index contributed by atoms with van der Waals surface area (Å²) in [6.07, 6.45) is 3.33. The molecule has 0 N–H and O–H groups in total. The summed E-state index contributed by atoms with van der Waals surface area (Å²) in [4.78, 5) is 32.0. The van der Waals surface area contributed by atoms with Crippen molar-refractivity contribution in [2.24, 2.45) is 0 Å². The van der Waals surface area contributed by atoms with Crippen molar-refractivity contribution >= 4 is 33.3 Å².